The van der Waals surface area contributed by atoms with Crippen LogP contribution < -0.4 is 0 Å². The fourth-order valence-electron chi connectivity index (χ4n) is 1.95. The number of nitrogens with zero attached hydrogens (tertiary/aromatic N) is 3. The van der Waals surface area contributed by atoms with E-state index in [0.29, 0.717) is 32.7 Å². The third-order valence-corrected chi connectivity index (χ3v) is 2.97. The molecule has 1 atom stereocenters. The van der Waals surface area contributed by atoms with Crippen molar-refractivity contribution >= 4 is 5.91 Å². The lowest BCUT2D eigenvalue weighted by atomic mass is 10.00. The SMILES string of the molecule is N#CC(Cc1ccncc1)C(=O)N1CCOCC1. The molecule has 0 spiro atoms. The van der Waals surface area contributed by atoms with Gasteiger partial charge in [-0.1, -0.05) is 0 Å². The van der Waals surface area contributed by atoms with Gasteiger partial charge in [-0.15, -0.1) is 0 Å². The maximum Gasteiger partial charge on any atom is 0.240 e. The molecule has 1 aromatic rings. The first-order chi connectivity index (χ1) is 8.81. The van der Waals surface area contributed by atoms with E-state index in [1.54, 1.807) is 17.3 Å². The van der Waals surface area contributed by atoms with Gasteiger partial charge < -0.3 is 9.64 Å². The molecule has 1 aliphatic heterocycles. The van der Waals surface area contributed by atoms with Crippen molar-refractivity contribution in [1.29, 1.82) is 5.26 Å². The summed E-state index contributed by atoms with van der Waals surface area (Å²) < 4.78 is 5.20. The molecule has 2 rings (SSSR count). The Morgan fingerprint density at radius 2 is 2.11 bits per heavy atom. The molecule has 2 heterocycles. The van der Waals surface area contributed by atoms with Gasteiger partial charge >= 0.3 is 0 Å². The number of carbonyl (C=O) groups excluding carboxylic acids is 1. The van der Waals surface area contributed by atoms with Gasteiger partial charge in [0.2, 0.25) is 5.91 Å². The smallest absolute Gasteiger partial charge is 0.240 e. The monoisotopic (exact) mass is 245 g/mol. The number of amides is 1. The van der Waals surface area contributed by atoms with Crippen LogP contribution >= 0.6 is 0 Å². The summed E-state index contributed by atoms with van der Waals surface area (Å²) in [5.41, 5.74) is 0.957. The largest absolute Gasteiger partial charge is 0.378 e. The molecule has 1 saturated heterocycles. The number of carbonyl (C=O) groups is 1. The average molecular weight is 245 g/mol. The zero-order chi connectivity index (χ0) is 12.8. The van der Waals surface area contributed by atoms with Crippen LogP contribution in [0.5, 0.6) is 0 Å². The second-order valence-electron chi connectivity index (χ2n) is 4.18. The predicted octanol–water partition coefficient (Wildman–Crippen LogP) is 0.623. The molecule has 0 aromatic carbocycles. The first-order valence-electron chi connectivity index (χ1n) is 5.96. The molecule has 1 fully saturated rings. The molecule has 5 heteroatoms. The highest BCUT2D eigenvalue weighted by molar-refractivity contribution is 5.81. The number of hydrogen-bond donors (Lipinski definition) is 0. The first-order valence-corrected chi connectivity index (χ1v) is 5.96. The summed E-state index contributed by atoms with van der Waals surface area (Å²) in [6.45, 7) is 2.26. The van der Waals surface area contributed by atoms with Crippen LogP contribution in [0.3, 0.4) is 0 Å². The van der Waals surface area contributed by atoms with E-state index in [-0.39, 0.29) is 5.91 Å². The van der Waals surface area contributed by atoms with Crippen molar-refractivity contribution in [3.63, 3.8) is 0 Å². The average Bonchev–Trinajstić information content (AvgIpc) is 2.46. The minimum absolute atomic E-state index is 0.0994. The van der Waals surface area contributed by atoms with Crippen LogP contribution in [0.1, 0.15) is 5.56 Å². The van der Waals surface area contributed by atoms with Crippen LogP contribution in [0.2, 0.25) is 0 Å². The highest BCUT2D eigenvalue weighted by atomic mass is 16.5. The van der Waals surface area contributed by atoms with E-state index < -0.39 is 5.92 Å². The van der Waals surface area contributed by atoms with Gasteiger partial charge in [-0.3, -0.25) is 9.78 Å². The summed E-state index contributed by atoms with van der Waals surface area (Å²) in [4.78, 5) is 17.8. The minimum Gasteiger partial charge on any atom is -0.378 e. The Balaban J connectivity index is 2.00. The van der Waals surface area contributed by atoms with E-state index in [4.69, 9.17) is 10.00 Å². The van der Waals surface area contributed by atoms with E-state index in [0.717, 1.165) is 5.56 Å². The lowest BCUT2D eigenvalue weighted by Crippen LogP contribution is -2.43. The van der Waals surface area contributed by atoms with Crippen molar-refractivity contribution in [3.05, 3.63) is 30.1 Å². The fraction of sp³-hybridized carbons (Fsp3) is 0.462. The van der Waals surface area contributed by atoms with Gasteiger partial charge in [0.1, 0.15) is 5.92 Å². The highest BCUT2D eigenvalue weighted by Crippen LogP contribution is 2.12. The van der Waals surface area contributed by atoms with Crippen LogP contribution in [0.25, 0.3) is 0 Å². The normalized spacial score (nSPS) is 16.9. The molecule has 0 saturated carbocycles. The summed E-state index contributed by atoms with van der Waals surface area (Å²) in [7, 11) is 0. The topological polar surface area (TPSA) is 66.2 Å². The molecular formula is C13H15N3O2. The molecule has 0 radical (unpaired) electrons. The maximum atomic E-state index is 12.2. The Labute approximate surface area is 106 Å². The Kier molecular flexibility index (Phi) is 4.26. The molecule has 1 aliphatic rings. The van der Waals surface area contributed by atoms with Gasteiger partial charge in [-0.05, 0) is 24.1 Å². The van der Waals surface area contributed by atoms with Crippen LogP contribution in [-0.2, 0) is 16.0 Å². The molecule has 5 nitrogen and oxygen atoms in total. The van der Waals surface area contributed by atoms with E-state index in [2.05, 4.69) is 11.1 Å². The number of ether oxygens (including phenoxy) is 1. The molecule has 1 aromatic heterocycles. The minimum atomic E-state index is -0.620. The number of aromatic nitrogens is 1. The molecule has 94 valence electrons. The summed E-state index contributed by atoms with van der Waals surface area (Å²) in [6, 6.07) is 5.76. The summed E-state index contributed by atoms with van der Waals surface area (Å²) in [5, 5.41) is 9.14. The fourth-order valence-corrected chi connectivity index (χ4v) is 1.95. The van der Waals surface area contributed by atoms with Gasteiger partial charge in [-0.2, -0.15) is 5.26 Å². The molecule has 1 unspecified atom stereocenters. The number of pyridine rings is 1. The molecule has 0 N–H and O–H groups in total. The quantitative estimate of drug-likeness (QED) is 0.783. The Morgan fingerprint density at radius 1 is 1.44 bits per heavy atom. The zero-order valence-corrected chi connectivity index (χ0v) is 10.1. The molecule has 0 bridgehead atoms. The maximum absolute atomic E-state index is 12.2. The highest BCUT2D eigenvalue weighted by Gasteiger charge is 2.25. The van der Waals surface area contributed by atoms with Gasteiger partial charge in [-0.25, -0.2) is 0 Å². The summed E-state index contributed by atoms with van der Waals surface area (Å²) in [6.07, 6.45) is 3.78. The molecule has 18 heavy (non-hydrogen) atoms. The number of rotatable bonds is 3. The van der Waals surface area contributed by atoms with E-state index in [1.165, 1.54) is 0 Å². The second-order valence-corrected chi connectivity index (χ2v) is 4.18. The Morgan fingerprint density at radius 3 is 2.72 bits per heavy atom. The summed E-state index contributed by atoms with van der Waals surface area (Å²) >= 11 is 0. The van der Waals surface area contributed by atoms with Crippen molar-refractivity contribution in [3.8, 4) is 6.07 Å². The predicted molar refractivity (Wildman–Crippen MR) is 64.4 cm³/mol. The lowest BCUT2D eigenvalue weighted by molar-refractivity contribution is -0.137. The van der Waals surface area contributed by atoms with Gasteiger partial charge in [0.15, 0.2) is 0 Å². The number of nitriles is 1. The van der Waals surface area contributed by atoms with Crippen molar-refractivity contribution in [2.24, 2.45) is 5.92 Å². The van der Waals surface area contributed by atoms with E-state index in [1.807, 2.05) is 12.1 Å². The molecular weight excluding hydrogens is 230 g/mol. The summed E-state index contributed by atoms with van der Waals surface area (Å²) in [5.74, 6) is -0.719. The number of hydrogen-bond acceptors (Lipinski definition) is 4. The van der Waals surface area contributed by atoms with Crippen molar-refractivity contribution in [2.75, 3.05) is 26.3 Å². The van der Waals surface area contributed by atoms with Crippen molar-refractivity contribution in [1.82, 2.24) is 9.88 Å². The number of morpholine rings is 1. The molecule has 1 amide bonds. The van der Waals surface area contributed by atoms with Gasteiger partial charge in [0.25, 0.3) is 0 Å². The first kappa shape index (κ1) is 12.5. The van der Waals surface area contributed by atoms with Gasteiger partial charge in [0, 0.05) is 25.5 Å². The third kappa shape index (κ3) is 3.05. The second kappa shape index (κ2) is 6.12. The van der Waals surface area contributed by atoms with Gasteiger partial charge in [0.05, 0.1) is 19.3 Å². The van der Waals surface area contributed by atoms with Crippen LogP contribution in [0.15, 0.2) is 24.5 Å². The molecule has 0 aliphatic carbocycles. The zero-order valence-electron chi connectivity index (χ0n) is 10.1. The van der Waals surface area contributed by atoms with Crippen LogP contribution in [-0.4, -0.2) is 42.1 Å². The van der Waals surface area contributed by atoms with Crippen LogP contribution in [0.4, 0.5) is 0 Å². The lowest BCUT2D eigenvalue weighted by Gasteiger charge is -2.28. The van der Waals surface area contributed by atoms with E-state index in [9.17, 15) is 4.79 Å². The van der Waals surface area contributed by atoms with E-state index >= 15 is 0 Å². The standard InChI is InChI=1S/C13H15N3O2/c14-10-12(9-11-1-3-15-4-2-11)13(17)16-5-7-18-8-6-16/h1-4,12H,5-9H2. The Bertz CT molecular complexity index is 435. The third-order valence-electron chi connectivity index (χ3n) is 2.97. The Hall–Kier alpha value is -1.93. The van der Waals surface area contributed by atoms with Crippen LogP contribution in [0, 0.1) is 17.2 Å². The van der Waals surface area contributed by atoms with Crippen molar-refractivity contribution < 1.29 is 9.53 Å². The van der Waals surface area contributed by atoms with Crippen molar-refractivity contribution in [2.45, 2.75) is 6.42 Å².